The van der Waals surface area contributed by atoms with Crippen molar-refractivity contribution >= 4 is 22.9 Å². The van der Waals surface area contributed by atoms with E-state index in [1.165, 1.54) is 18.2 Å². The fraction of sp³-hybridized carbons (Fsp3) is 0.267. The summed E-state index contributed by atoms with van der Waals surface area (Å²) in [5.74, 6) is -0.708. The van der Waals surface area contributed by atoms with Crippen LogP contribution >= 0.6 is 11.3 Å². The van der Waals surface area contributed by atoms with Crippen molar-refractivity contribution in [2.45, 2.75) is 6.54 Å². The molecule has 4 nitrogen and oxygen atoms in total. The molecule has 0 saturated heterocycles. The zero-order chi connectivity index (χ0) is 15.2. The number of anilines is 1. The van der Waals surface area contributed by atoms with Gasteiger partial charge in [0.2, 0.25) is 0 Å². The minimum absolute atomic E-state index is 0.0244. The van der Waals surface area contributed by atoms with Crippen molar-refractivity contribution in [3.8, 4) is 0 Å². The molecule has 0 aliphatic rings. The maximum atomic E-state index is 13.2. The van der Waals surface area contributed by atoms with E-state index in [2.05, 4.69) is 0 Å². The van der Waals surface area contributed by atoms with Crippen LogP contribution in [0, 0.1) is 5.82 Å². The molecule has 0 aliphatic heterocycles. The van der Waals surface area contributed by atoms with Crippen molar-refractivity contribution < 1.29 is 13.9 Å². The summed E-state index contributed by atoms with van der Waals surface area (Å²) in [5, 5.41) is 1.96. The Kier molecular flexibility index (Phi) is 5.30. The lowest BCUT2D eigenvalue weighted by molar-refractivity contribution is 0.0682. The summed E-state index contributed by atoms with van der Waals surface area (Å²) in [5.41, 5.74) is 5.88. The van der Waals surface area contributed by atoms with Gasteiger partial charge in [-0.25, -0.2) is 4.39 Å². The third-order valence-corrected chi connectivity index (χ3v) is 3.88. The van der Waals surface area contributed by atoms with E-state index in [9.17, 15) is 9.18 Å². The lowest BCUT2D eigenvalue weighted by atomic mass is 10.1. The molecule has 1 aromatic carbocycles. The number of rotatable bonds is 6. The number of nitrogens with zero attached hydrogens (tertiary/aromatic N) is 1. The fourth-order valence-electron chi connectivity index (χ4n) is 1.90. The molecule has 1 amide bonds. The van der Waals surface area contributed by atoms with Gasteiger partial charge in [0, 0.05) is 24.1 Å². The standard InChI is InChI=1S/C15H17FN2O2S/c1-20-7-6-18(10-12-3-2-8-21-12)15(19)11-4-5-13(16)14(17)9-11/h2-5,8-9H,6-7,10,17H2,1H3. The van der Waals surface area contributed by atoms with Crippen LogP contribution in [0.25, 0.3) is 0 Å². The topological polar surface area (TPSA) is 55.6 Å². The van der Waals surface area contributed by atoms with E-state index in [1.54, 1.807) is 23.3 Å². The monoisotopic (exact) mass is 308 g/mol. The van der Waals surface area contributed by atoms with E-state index >= 15 is 0 Å². The molecule has 6 heteroatoms. The number of thiophene rings is 1. The average molecular weight is 308 g/mol. The molecule has 0 bridgehead atoms. The van der Waals surface area contributed by atoms with Crippen molar-refractivity contribution in [1.82, 2.24) is 4.90 Å². The first-order chi connectivity index (χ1) is 10.1. The molecule has 1 aromatic heterocycles. The quantitative estimate of drug-likeness (QED) is 0.835. The molecular weight excluding hydrogens is 291 g/mol. The number of nitrogen functional groups attached to an aromatic ring is 1. The highest BCUT2D eigenvalue weighted by Crippen LogP contribution is 2.17. The lowest BCUT2D eigenvalue weighted by Crippen LogP contribution is -2.33. The number of halogens is 1. The van der Waals surface area contributed by atoms with Crippen LogP contribution in [0.4, 0.5) is 10.1 Å². The molecule has 2 rings (SSSR count). The molecule has 0 unspecified atom stereocenters. The Hall–Kier alpha value is -1.92. The number of carbonyl (C=O) groups is 1. The van der Waals surface area contributed by atoms with Gasteiger partial charge in [-0.15, -0.1) is 11.3 Å². The van der Waals surface area contributed by atoms with Gasteiger partial charge in [-0.05, 0) is 29.6 Å². The van der Waals surface area contributed by atoms with Gasteiger partial charge >= 0.3 is 0 Å². The summed E-state index contributed by atoms with van der Waals surface area (Å²) in [7, 11) is 1.59. The first kappa shape index (κ1) is 15.5. The normalized spacial score (nSPS) is 10.6. The van der Waals surface area contributed by atoms with Gasteiger partial charge in [0.25, 0.3) is 5.91 Å². The molecule has 0 saturated carbocycles. The van der Waals surface area contributed by atoms with Crippen LogP contribution in [0.2, 0.25) is 0 Å². The second kappa shape index (κ2) is 7.19. The number of hydrogen-bond acceptors (Lipinski definition) is 4. The van der Waals surface area contributed by atoms with Crippen LogP contribution in [0.3, 0.4) is 0 Å². The minimum atomic E-state index is -0.520. The SMILES string of the molecule is COCCN(Cc1cccs1)C(=O)c1ccc(F)c(N)c1. The van der Waals surface area contributed by atoms with Crippen LogP contribution in [-0.2, 0) is 11.3 Å². The van der Waals surface area contributed by atoms with Crippen LogP contribution in [0.5, 0.6) is 0 Å². The molecule has 0 aliphatic carbocycles. The second-order valence-corrected chi connectivity index (χ2v) is 5.57. The predicted octanol–water partition coefficient (Wildman–Crippen LogP) is 2.76. The van der Waals surface area contributed by atoms with Crippen LogP contribution in [-0.4, -0.2) is 31.1 Å². The molecular formula is C15H17FN2O2S. The molecule has 21 heavy (non-hydrogen) atoms. The summed E-state index contributed by atoms with van der Waals surface area (Å²) in [6.07, 6.45) is 0. The summed E-state index contributed by atoms with van der Waals surface area (Å²) >= 11 is 1.58. The van der Waals surface area contributed by atoms with Gasteiger partial charge in [0.05, 0.1) is 18.8 Å². The van der Waals surface area contributed by atoms with Gasteiger partial charge in [-0.1, -0.05) is 6.07 Å². The maximum absolute atomic E-state index is 13.2. The van der Waals surface area contributed by atoms with Crippen LogP contribution in [0.15, 0.2) is 35.7 Å². The summed E-state index contributed by atoms with van der Waals surface area (Å²) in [4.78, 5) is 15.3. The molecule has 112 valence electrons. The lowest BCUT2D eigenvalue weighted by Gasteiger charge is -2.22. The maximum Gasteiger partial charge on any atom is 0.254 e. The predicted molar refractivity (Wildman–Crippen MR) is 81.7 cm³/mol. The van der Waals surface area contributed by atoms with E-state index < -0.39 is 5.82 Å². The third kappa shape index (κ3) is 4.03. The Labute approximate surface area is 126 Å². The number of nitrogens with two attached hydrogens (primary N) is 1. The number of carbonyl (C=O) groups excluding carboxylic acids is 1. The highest BCUT2D eigenvalue weighted by atomic mass is 32.1. The van der Waals surface area contributed by atoms with Gasteiger partial charge in [0.1, 0.15) is 5.82 Å². The Morgan fingerprint density at radius 1 is 1.43 bits per heavy atom. The van der Waals surface area contributed by atoms with Crippen LogP contribution < -0.4 is 5.73 Å². The number of ether oxygens (including phenoxy) is 1. The van der Waals surface area contributed by atoms with E-state index in [0.29, 0.717) is 25.3 Å². The average Bonchev–Trinajstić information content (AvgIpc) is 2.98. The third-order valence-electron chi connectivity index (χ3n) is 3.02. The second-order valence-electron chi connectivity index (χ2n) is 4.54. The minimum Gasteiger partial charge on any atom is -0.396 e. The smallest absolute Gasteiger partial charge is 0.254 e. The van der Waals surface area contributed by atoms with Gasteiger partial charge < -0.3 is 15.4 Å². The molecule has 2 aromatic rings. The highest BCUT2D eigenvalue weighted by molar-refractivity contribution is 7.09. The van der Waals surface area contributed by atoms with Gasteiger partial charge in [-0.2, -0.15) is 0 Å². The highest BCUT2D eigenvalue weighted by Gasteiger charge is 2.17. The Bertz CT molecular complexity index is 602. The Morgan fingerprint density at radius 2 is 2.24 bits per heavy atom. The van der Waals surface area contributed by atoms with E-state index in [0.717, 1.165) is 4.88 Å². The Balaban J connectivity index is 2.18. The molecule has 1 heterocycles. The zero-order valence-corrected chi connectivity index (χ0v) is 12.5. The number of amides is 1. The van der Waals surface area contributed by atoms with Crippen molar-refractivity contribution in [2.24, 2.45) is 0 Å². The van der Waals surface area contributed by atoms with E-state index in [4.69, 9.17) is 10.5 Å². The summed E-state index contributed by atoms with van der Waals surface area (Å²) < 4.78 is 18.2. The fourth-order valence-corrected chi connectivity index (χ4v) is 2.62. The van der Waals surface area contributed by atoms with E-state index in [-0.39, 0.29) is 11.6 Å². The summed E-state index contributed by atoms with van der Waals surface area (Å²) in [6.45, 7) is 1.40. The molecule has 0 atom stereocenters. The molecule has 0 radical (unpaired) electrons. The van der Waals surface area contributed by atoms with Crippen LogP contribution in [0.1, 0.15) is 15.2 Å². The van der Waals surface area contributed by atoms with Crippen molar-refractivity contribution in [1.29, 1.82) is 0 Å². The molecule has 0 spiro atoms. The van der Waals surface area contributed by atoms with Crippen molar-refractivity contribution in [3.05, 3.63) is 52.0 Å². The van der Waals surface area contributed by atoms with Crippen molar-refractivity contribution in [3.63, 3.8) is 0 Å². The Morgan fingerprint density at radius 3 is 2.86 bits per heavy atom. The first-order valence-electron chi connectivity index (χ1n) is 6.47. The zero-order valence-electron chi connectivity index (χ0n) is 11.7. The molecule has 0 fully saturated rings. The van der Waals surface area contributed by atoms with Gasteiger partial charge in [-0.3, -0.25) is 4.79 Å². The van der Waals surface area contributed by atoms with Gasteiger partial charge in [0.15, 0.2) is 0 Å². The van der Waals surface area contributed by atoms with Crippen molar-refractivity contribution in [2.75, 3.05) is 26.0 Å². The first-order valence-corrected chi connectivity index (χ1v) is 7.35. The van der Waals surface area contributed by atoms with E-state index in [1.807, 2.05) is 17.5 Å². The number of hydrogen-bond donors (Lipinski definition) is 1. The molecule has 2 N–H and O–H groups in total. The largest absolute Gasteiger partial charge is 0.396 e. The number of benzene rings is 1. The summed E-state index contributed by atoms with van der Waals surface area (Å²) in [6, 6.07) is 7.93. The number of methoxy groups -OCH3 is 1.